The van der Waals surface area contributed by atoms with Crippen molar-refractivity contribution in [3.63, 3.8) is 0 Å². The average molecular weight is 374 g/mol. The Labute approximate surface area is 151 Å². The number of rotatable bonds is 5. The fourth-order valence-corrected chi connectivity index (χ4v) is 3.17. The standard InChI is InChI=1S/C16H21Cl2N3O3/c1-24-11(10-19)9-14(22)20-5-7-21(8-6-20)16(23)15-12(17)3-2-4-13(15)18/h2-4,11H,5-10,19H2,1H3. The number of nitrogens with zero attached hydrogens (tertiary/aromatic N) is 2. The molecule has 0 aliphatic carbocycles. The lowest BCUT2D eigenvalue weighted by molar-refractivity contribution is -0.135. The molecule has 1 aromatic carbocycles. The van der Waals surface area contributed by atoms with Crippen molar-refractivity contribution >= 4 is 35.0 Å². The van der Waals surface area contributed by atoms with E-state index in [2.05, 4.69) is 0 Å². The van der Waals surface area contributed by atoms with Crippen LogP contribution in [0, 0.1) is 0 Å². The first-order valence-corrected chi connectivity index (χ1v) is 8.47. The zero-order chi connectivity index (χ0) is 17.7. The van der Waals surface area contributed by atoms with Gasteiger partial charge >= 0.3 is 0 Å². The van der Waals surface area contributed by atoms with E-state index in [0.717, 1.165) is 0 Å². The molecular weight excluding hydrogens is 353 g/mol. The van der Waals surface area contributed by atoms with Crippen molar-refractivity contribution in [3.05, 3.63) is 33.8 Å². The fourth-order valence-electron chi connectivity index (χ4n) is 2.61. The van der Waals surface area contributed by atoms with Gasteiger partial charge in [0.05, 0.1) is 28.1 Å². The summed E-state index contributed by atoms with van der Waals surface area (Å²) < 4.78 is 5.14. The highest BCUT2D eigenvalue weighted by molar-refractivity contribution is 6.39. The summed E-state index contributed by atoms with van der Waals surface area (Å²) in [5.41, 5.74) is 5.85. The molecule has 1 saturated heterocycles. The first kappa shape index (κ1) is 19.0. The van der Waals surface area contributed by atoms with E-state index in [4.69, 9.17) is 33.7 Å². The summed E-state index contributed by atoms with van der Waals surface area (Å²) in [4.78, 5) is 28.2. The zero-order valence-corrected chi connectivity index (χ0v) is 15.0. The molecule has 1 heterocycles. The van der Waals surface area contributed by atoms with Crippen molar-refractivity contribution in [1.29, 1.82) is 0 Å². The molecule has 1 aromatic rings. The third-order valence-electron chi connectivity index (χ3n) is 4.09. The second-order valence-corrected chi connectivity index (χ2v) is 6.38. The highest BCUT2D eigenvalue weighted by Gasteiger charge is 2.27. The van der Waals surface area contributed by atoms with Crippen molar-refractivity contribution in [2.45, 2.75) is 12.5 Å². The maximum absolute atomic E-state index is 12.6. The number of halogens is 2. The quantitative estimate of drug-likeness (QED) is 0.850. The minimum atomic E-state index is -0.279. The zero-order valence-electron chi connectivity index (χ0n) is 13.5. The lowest BCUT2D eigenvalue weighted by Gasteiger charge is -2.35. The third kappa shape index (κ3) is 4.39. The Morgan fingerprint density at radius 2 is 1.71 bits per heavy atom. The van der Waals surface area contributed by atoms with Gasteiger partial charge in [0.2, 0.25) is 5.91 Å². The van der Waals surface area contributed by atoms with Crippen LogP contribution in [0.4, 0.5) is 0 Å². The van der Waals surface area contributed by atoms with E-state index in [0.29, 0.717) is 48.3 Å². The second kappa shape index (κ2) is 8.67. The fraction of sp³-hybridized carbons (Fsp3) is 0.500. The van der Waals surface area contributed by atoms with Crippen LogP contribution in [0.5, 0.6) is 0 Å². The lowest BCUT2D eigenvalue weighted by Crippen LogP contribution is -2.51. The van der Waals surface area contributed by atoms with Crippen LogP contribution in [0.15, 0.2) is 18.2 Å². The largest absolute Gasteiger partial charge is 0.380 e. The summed E-state index contributed by atoms with van der Waals surface area (Å²) in [5.74, 6) is -0.232. The van der Waals surface area contributed by atoms with E-state index >= 15 is 0 Å². The van der Waals surface area contributed by atoms with E-state index in [-0.39, 0.29) is 24.3 Å². The van der Waals surface area contributed by atoms with Gasteiger partial charge in [0.1, 0.15) is 0 Å². The Morgan fingerprint density at radius 1 is 1.17 bits per heavy atom. The highest BCUT2D eigenvalue weighted by Crippen LogP contribution is 2.26. The van der Waals surface area contributed by atoms with Crippen LogP contribution in [0.3, 0.4) is 0 Å². The number of carbonyl (C=O) groups excluding carboxylic acids is 2. The molecule has 6 nitrogen and oxygen atoms in total. The monoisotopic (exact) mass is 373 g/mol. The first-order valence-electron chi connectivity index (χ1n) is 7.71. The Hall–Kier alpha value is -1.34. The molecule has 24 heavy (non-hydrogen) atoms. The number of methoxy groups -OCH3 is 1. The number of amides is 2. The summed E-state index contributed by atoms with van der Waals surface area (Å²) in [5, 5.41) is 0.661. The average Bonchev–Trinajstić information content (AvgIpc) is 2.59. The molecule has 8 heteroatoms. The molecule has 0 spiro atoms. The van der Waals surface area contributed by atoms with E-state index < -0.39 is 0 Å². The predicted octanol–water partition coefficient (Wildman–Crippen LogP) is 1.64. The van der Waals surface area contributed by atoms with Crippen LogP contribution in [0.1, 0.15) is 16.8 Å². The van der Waals surface area contributed by atoms with E-state index in [1.54, 1.807) is 28.0 Å². The van der Waals surface area contributed by atoms with Gasteiger partial charge in [0.25, 0.3) is 5.91 Å². The van der Waals surface area contributed by atoms with E-state index in [1.165, 1.54) is 7.11 Å². The van der Waals surface area contributed by atoms with Gasteiger partial charge in [0, 0.05) is 39.8 Å². The predicted molar refractivity (Wildman–Crippen MR) is 93.4 cm³/mol. The Balaban J connectivity index is 1.95. The number of piperazine rings is 1. The minimum Gasteiger partial charge on any atom is -0.380 e. The second-order valence-electron chi connectivity index (χ2n) is 5.57. The van der Waals surface area contributed by atoms with Crippen molar-refractivity contribution in [2.75, 3.05) is 39.8 Å². The van der Waals surface area contributed by atoms with Gasteiger partial charge in [-0.2, -0.15) is 0 Å². The van der Waals surface area contributed by atoms with Gasteiger partial charge < -0.3 is 20.3 Å². The van der Waals surface area contributed by atoms with Crippen LogP contribution >= 0.6 is 23.2 Å². The number of hydrogen-bond acceptors (Lipinski definition) is 4. The van der Waals surface area contributed by atoms with Gasteiger partial charge in [-0.1, -0.05) is 29.3 Å². The maximum Gasteiger partial charge on any atom is 0.257 e. The molecule has 0 bridgehead atoms. The van der Waals surface area contributed by atoms with Gasteiger partial charge in [-0.25, -0.2) is 0 Å². The maximum atomic E-state index is 12.6. The minimum absolute atomic E-state index is 0.0184. The Kier molecular flexibility index (Phi) is 6.86. The molecule has 2 amide bonds. The van der Waals surface area contributed by atoms with E-state index in [1.807, 2.05) is 0 Å². The normalized spacial score (nSPS) is 16.2. The molecule has 132 valence electrons. The number of carbonyl (C=O) groups is 2. The molecule has 0 saturated carbocycles. The molecule has 0 aromatic heterocycles. The molecule has 2 rings (SSSR count). The lowest BCUT2D eigenvalue weighted by atomic mass is 10.1. The third-order valence-corrected chi connectivity index (χ3v) is 4.72. The van der Waals surface area contributed by atoms with Crippen LogP contribution in [-0.2, 0) is 9.53 Å². The Morgan fingerprint density at radius 3 is 2.21 bits per heavy atom. The summed E-state index contributed by atoms with van der Waals surface area (Å²) in [7, 11) is 1.54. The number of nitrogens with two attached hydrogens (primary N) is 1. The van der Waals surface area contributed by atoms with Crippen molar-refractivity contribution < 1.29 is 14.3 Å². The van der Waals surface area contributed by atoms with Gasteiger partial charge in [0.15, 0.2) is 0 Å². The number of hydrogen-bond donors (Lipinski definition) is 1. The van der Waals surface area contributed by atoms with Gasteiger partial charge in [-0.05, 0) is 12.1 Å². The smallest absolute Gasteiger partial charge is 0.257 e. The number of ether oxygens (including phenoxy) is 1. The highest BCUT2D eigenvalue weighted by atomic mass is 35.5. The number of benzene rings is 1. The van der Waals surface area contributed by atoms with Gasteiger partial charge in [-0.15, -0.1) is 0 Å². The summed E-state index contributed by atoms with van der Waals surface area (Å²) in [6, 6.07) is 4.97. The van der Waals surface area contributed by atoms with Crippen LogP contribution in [0.2, 0.25) is 10.0 Å². The summed E-state index contributed by atoms with van der Waals surface area (Å²) in [6.07, 6.45) is -0.0313. The molecule has 1 atom stereocenters. The molecule has 1 aliphatic heterocycles. The van der Waals surface area contributed by atoms with Crippen LogP contribution < -0.4 is 5.73 Å². The SMILES string of the molecule is COC(CN)CC(=O)N1CCN(C(=O)c2c(Cl)cccc2Cl)CC1. The molecule has 0 radical (unpaired) electrons. The topological polar surface area (TPSA) is 75.9 Å². The molecule has 2 N–H and O–H groups in total. The summed E-state index contributed by atoms with van der Waals surface area (Å²) >= 11 is 12.2. The van der Waals surface area contributed by atoms with Crippen LogP contribution in [0.25, 0.3) is 0 Å². The van der Waals surface area contributed by atoms with Gasteiger partial charge in [-0.3, -0.25) is 9.59 Å². The molecule has 1 fully saturated rings. The van der Waals surface area contributed by atoms with Crippen molar-refractivity contribution in [1.82, 2.24) is 9.80 Å². The Bertz CT molecular complexity index is 580. The molecule has 1 aliphatic rings. The van der Waals surface area contributed by atoms with E-state index in [9.17, 15) is 9.59 Å². The summed E-state index contributed by atoms with van der Waals surface area (Å²) in [6.45, 7) is 2.10. The molecular formula is C16H21Cl2N3O3. The first-order chi connectivity index (χ1) is 11.5. The van der Waals surface area contributed by atoms with Crippen molar-refractivity contribution in [2.24, 2.45) is 5.73 Å². The molecule has 1 unspecified atom stereocenters. The van der Waals surface area contributed by atoms with Crippen molar-refractivity contribution in [3.8, 4) is 0 Å². The van der Waals surface area contributed by atoms with Crippen LogP contribution in [-0.4, -0.2) is 67.6 Å².